The number of rotatable bonds is 9. The highest BCUT2D eigenvalue weighted by Gasteiger charge is 2.26. The number of anilines is 6. The molecule has 0 fully saturated rings. The topological polar surface area (TPSA) is 32.8 Å². The third kappa shape index (κ3) is 7.04. The van der Waals surface area contributed by atoms with Crippen molar-refractivity contribution in [2.24, 2.45) is 0 Å². The molecule has 0 radical (unpaired) electrons. The fraction of sp³-hybridized carbons (Fsp3) is 0. The van der Waals surface area contributed by atoms with Gasteiger partial charge in [0.25, 0.3) is 0 Å². The molecule has 344 valence electrons. The van der Waals surface area contributed by atoms with Crippen molar-refractivity contribution in [2.45, 2.75) is 0 Å². The Morgan fingerprint density at radius 1 is 0.288 bits per heavy atom. The van der Waals surface area contributed by atoms with Crippen LogP contribution in [0.4, 0.5) is 38.5 Å². The van der Waals surface area contributed by atoms with E-state index in [1.54, 1.807) is 6.07 Å². The fourth-order valence-electron chi connectivity index (χ4n) is 11.0. The first-order valence-corrected chi connectivity index (χ1v) is 24.6. The van der Waals surface area contributed by atoms with E-state index < -0.39 is 0 Å². The first-order chi connectivity index (χ1) is 36.1. The van der Waals surface area contributed by atoms with Crippen LogP contribution in [-0.2, 0) is 0 Å². The van der Waals surface area contributed by atoms with Crippen molar-refractivity contribution in [1.29, 1.82) is 0 Å². The van der Waals surface area contributed by atoms with Crippen LogP contribution in [0.1, 0.15) is 0 Å². The molecule has 2 aromatic heterocycles. The van der Waals surface area contributed by atoms with Gasteiger partial charge in [-0.15, -0.1) is 0 Å². The quantitative estimate of drug-likeness (QED) is 0.135. The van der Waals surface area contributed by atoms with Gasteiger partial charge < -0.3 is 18.6 Å². The molecule has 0 atom stereocenters. The molecule has 4 nitrogen and oxygen atoms in total. The van der Waals surface area contributed by atoms with Gasteiger partial charge >= 0.3 is 0 Å². The number of para-hydroxylation sites is 4. The summed E-state index contributed by atoms with van der Waals surface area (Å²) in [7, 11) is 0. The Balaban J connectivity index is 0.984. The van der Waals surface area contributed by atoms with E-state index in [4.69, 9.17) is 8.83 Å². The Morgan fingerprint density at radius 3 is 1.59 bits per heavy atom. The number of hydrogen-bond donors (Lipinski definition) is 0. The van der Waals surface area contributed by atoms with Gasteiger partial charge in [0.1, 0.15) is 22.6 Å². The highest BCUT2D eigenvalue weighted by molar-refractivity contribution is 6.30. The lowest BCUT2D eigenvalue weighted by molar-refractivity contribution is 0.630. The van der Waals surface area contributed by atoms with Crippen LogP contribution in [0.5, 0.6) is 0 Å². The minimum atomic E-state index is -0.324. The SMILES string of the molecule is Fc1cc(-c2ccccc2)cc(-c2ccccc2)c1N(c1ccccc1)c1ccc2c(c1)c1ccccc1c1c3ccc(N(c4ccccc4-c4ccccc4)c4cccc5c4oc4ccccc45)cc3oc21. The molecule has 5 heteroatoms. The second-order valence-corrected chi connectivity index (χ2v) is 18.5. The lowest BCUT2D eigenvalue weighted by Crippen LogP contribution is -2.13. The molecule has 0 bridgehead atoms. The molecule has 14 aromatic rings. The molecule has 0 amide bonds. The number of nitrogens with zero attached hydrogens (tertiary/aromatic N) is 2. The zero-order valence-electron chi connectivity index (χ0n) is 39.4. The van der Waals surface area contributed by atoms with Crippen molar-refractivity contribution in [2.75, 3.05) is 9.80 Å². The monoisotopic (exact) mass is 938 g/mol. The third-order valence-corrected chi connectivity index (χ3v) is 14.3. The van der Waals surface area contributed by atoms with E-state index in [1.807, 2.05) is 109 Å². The average molecular weight is 939 g/mol. The Hall–Kier alpha value is -9.71. The van der Waals surface area contributed by atoms with Gasteiger partial charge in [-0.1, -0.05) is 182 Å². The number of benzene rings is 12. The fourth-order valence-corrected chi connectivity index (χ4v) is 11.0. The largest absolute Gasteiger partial charge is 0.455 e. The molecule has 0 spiro atoms. The average Bonchev–Trinajstić information content (AvgIpc) is 4.06. The molecule has 0 aliphatic heterocycles. The van der Waals surface area contributed by atoms with Crippen LogP contribution in [0.3, 0.4) is 0 Å². The molecule has 0 saturated carbocycles. The molecule has 0 aliphatic carbocycles. The van der Waals surface area contributed by atoms with Gasteiger partial charge in [-0.2, -0.15) is 0 Å². The summed E-state index contributed by atoms with van der Waals surface area (Å²) in [6.45, 7) is 0. The maximum Gasteiger partial charge on any atom is 0.159 e. The van der Waals surface area contributed by atoms with E-state index in [1.165, 1.54) is 0 Å². The second kappa shape index (κ2) is 17.3. The van der Waals surface area contributed by atoms with Crippen LogP contribution in [0, 0.1) is 5.82 Å². The van der Waals surface area contributed by atoms with E-state index in [9.17, 15) is 0 Å². The number of furan rings is 2. The molecule has 0 saturated heterocycles. The molecular weight excluding hydrogens is 896 g/mol. The summed E-state index contributed by atoms with van der Waals surface area (Å²) in [6, 6.07) is 89.2. The van der Waals surface area contributed by atoms with Crippen LogP contribution in [0.25, 0.3) is 98.8 Å². The highest BCUT2D eigenvalue weighted by Crippen LogP contribution is 2.50. The Bertz CT molecular complexity index is 4400. The summed E-state index contributed by atoms with van der Waals surface area (Å²) < 4.78 is 31.4. The maximum atomic E-state index is 17.5. The van der Waals surface area contributed by atoms with E-state index in [2.05, 4.69) is 155 Å². The van der Waals surface area contributed by atoms with Crippen LogP contribution in [0.2, 0.25) is 0 Å². The van der Waals surface area contributed by atoms with Gasteiger partial charge in [-0.05, 0) is 111 Å². The van der Waals surface area contributed by atoms with E-state index in [0.29, 0.717) is 5.69 Å². The van der Waals surface area contributed by atoms with Crippen LogP contribution in [0.15, 0.2) is 270 Å². The Kier molecular flexibility index (Phi) is 10.0. The number of fused-ring (bicyclic) bond motifs is 11. The predicted molar refractivity (Wildman–Crippen MR) is 302 cm³/mol. The first kappa shape index (κ1) is 42.2. The van der Waals surface area contributed by atoms with Gasteiger partial charge in [-0.3, -0.25) is 0 Å². The molecule has 0 N–H and O–H groups in total. The molecule has 0 unspecified atom stereocenters. The molecule has 0 aliphatic rings. The summed E-state index contributed by atoms with van der Waals surface area (Å²) in [5.41, 5.74) is 13.8. The number of halogens is 1. The molecular formula is C68H43FN2O2. The van der Waals surface area contributed by atoms with Crippen LogP contribution >= 0.6 is 0 Å². The zero-order chi connectivity index (χ0) is 48.4. The van der Waals surface area contributed by atoms with Crippen molar-refractivity contribution in [1.82, 2.24) is 0 Å². The van der Waals surface area contributed by atoms with Crippen molar-refractivity contribution in [3.63, 3.8) is 0 Å². The van der Waals surface area contributed by atoms with Crippen molar-refractivity contribution in [3.05, 3.63) is 267 Å². The summed E-state index contributed by atoms with van der Waals surface area (Å²) in [5.74, 6) is -0.324. The lowest BCUT2D eigenvalue weighted by Gasteiger charge is -2.29. The van der Waals surface area contributed by atoms with Gasteiger partial charge in [0, 0.05) is 55.5 Å². The Morgan fingerprint density at radius 2 is 0.836 bits per heavy atom. The van der Waals surface area contributed by atoms with Crippen molar-refractivity contribution in [3.8, 4) is 33.4 Å². The van der Waals surface area contributed by atoms with Gasteiger partial charge in [0.15, 0.2) is 5.58 Å². The maximum absolute atomic E-state index is 17.5. The summed E-state index contributed by atoms with van der Waals surface area (Å²) in [4.78, 5) is 4.36. The van der Waals surface area contributed by atoms with Crippen LogP contribution < -0.4 is 9.80 Å². The normalized spacial score (nSPS) is 11.6. The highest BCUT2D eigenvalue weighted by atomic mass is 19.1. The predicted octanol–water partition coefficient (Wildman–Crippen LogP) is 19.9. The molecule has 73 heavy (non-hydrogen) atoms. The third-order valence-electron chi connectivity index (χ3n) is 14.3. The summed E-state index contributed by atoms with van der Waals surface area (Å²) in [6.07, 6.45) is 0. The standard InChI is InChI=1S/C68H43FN2O2/c69-60-41-47(44-20-5-1-6-21-44)40-58(46-24-9-3-10-25-46)66(60)70(48-26-11-4-12-27-48)49-36-38-56-59(42-49)52-29-13-14-31-54(52)65-57-39-37-50(43-64(57)73-68(56)65)71(61-33-17-15-28-51(61)45-22-7-2-8-23-45)62-34-19-32-55-53-30-16-18-35-63(53)72-67(55)62/h1-43H. The van der Waals surface area contributed by atoms with Crippen molar-refractivity contribution >= 4 is 99.5 Å². The van der Waals surface area contributed by atoms with E-state index >= 15 is 4.39 Å². The minimum Gasteiger partial charge on any atom is -0.455 e. The van der Waals surface area contributed by atoms with E-state index in [-0.39, 0.29) is 5.82 Å². The van der Waals surface area contributed by atoms with Gasteiger partial charge in [-0.25, -0.2) is 4.39 Å². The van der Waals surface area contributed by atoms with Gasteiger partial charge in [0.05, 0.1) is 22.7 Å². The molecule has 14 rings (SSSR count). The molecule has 12 aromatic carbocycles. The minimum absolute atomic E-state index is 0.324. The number of hydrogen-bond acceptors (Lipinski definition) is 4. The van der Waals surface area contributed by atoms with Crippen molar-refractivity contribution < 1.29 is 13.2 Å². The van der Waals surface area contributed by atoms with Crippen LogP contribution in [-0.4, -0.2) is 0 Å². The smallest absolute Gasteiger partial charge is 0.159 e. The lowest BCUT2D eigenvalue weighted by atomic mass is 9.94. The van der Waals surface area contributed by atoms with Gasteiger partial charge in [0.2, 0.25) is 0 Å². The second-order valence-electron chi connectivity index (χ2n) is 18.5. The zero-order valence-corrected chi connectivity index (χ0v) is 39.4. The summed E-state index contributed by atoms with van der Waals surface area (Å²) >= 11 is 0. The molecule has 2 heterocycles. The van der Waals surface area contributed by atoms with E-state index in [0.717, 1.165) is 127 Å². The first-order valence-electron chi connectivity index (χ1n) is 24.6. The summed E-state index contributed by atoms with van der Waals surface area (Å²) in [5, 5.41) is 8.28. The Labute approximate surface area is 420 Å².